The Bertz CT molecular complexity index is 2140. The van der Waals surface area contributed by atoms with Crippen molar-refractivity contribution in [3.8, 4) is 45.2 Å². The fourth-order valence-electron chi connectivity index (χ4n) is 5.37. The van der Waals surface area contributed by atoms with Gasteiger partial charge in [-0.2, -0.15) is 0 Å². The normalized spacial score (nSPS) is 11.5. The Hall–Kier alpha value is -5.06. The molecule has 4 heteroatoms. The van der Waals surface area contributed by atoms with E-state index in [4.69, 9.17) is 14.4 Å². The molecule has 0 saturated carbocycles. The molecule has 3 aromatic heterocycles. The van der Waals surface area contributed by atoms with E-state index >= 15 is 0 Å². The first kappa shape index (κ1) is 22.9. The molecule has 8 rings (SSSR count). The van der Waals surface area contributed by atoms with Crippen molar-refractivity contribution in [3.05, 3.63) is 133 Å². The minimum absolute atomic E-state index is 0.576. The standard InChI is InChI=1S/C36H22N2OS/c1-2-10-23(11-3-1)24-13-8-14-25(20-24)30-22-31(38-36(37-30)33-21-26-12-4-6-18-32(26)39-33)29-17-9-16-28-27-15-5-7-19-34(27)40-35(28)29/h1-22H. The Labute approximate surface area is 235 Å². The van der Waals surface area contributed by atoms with Gasteiger partial charge in [0.05, 0.1) is 11.4 Å². The summed E-state index contributed by atoms with van der Waals surface area (Å²) in [5, 5.41) is 3.55. The number of para-hydroxylation sites is 1. The van der Waals surface area contributed by atoms with Gasteiger partial charge >= 0.3 is 0 Å². The predicted molar refractivity (Wildman–Crippen MR) is 166 cm³/mol. The number of aromatic nitrogens is 2. The molecule has 0 aliphatic rings. The molecule has 0 aliphatic carbocycles. The topological polar surface area (TPSA) is 38.9 Å². The monoisotopic (exact) mass is 530 g/mol. The number of rotatable bonds is 4. The van der Waals surface area contributed by atoms with Crippen LogP contribution in [0, 0.1) is 0 Å². The van der Waals surface area contributed by atoms with Crippen LogP contribution < -0.4 is 0 Å². The molecule has 0 N–H and O–H groups in total. The first-order valence-electron chi connectivity index (χ1n) is 13.2. The van der Waals surface area contributed by atoms with Gasteiger partial charge in [0.15, 0.2) is 11.6 Å². The third kappa shape index (κ3) is 3.89. The SMILES string of the molecule is c1ccc(-c2cccc(-c3cc(-c4cccc5c4sc4ccccc45)nc(-c4cc5ccccc5o4)n3)c2)cc1. The Morgan fingerprint density at radius 1 is 0.525 bits per heavy atom. The summed E-state index contributed by atoms with van der Waals surface area (Å²) >= 11 is 1.81. The molecule has 188 valence electrons. The molecule has 0 radical (unpaired) electrons. The molecule has 8 aromatic rings. The summed E-state index contributed by atoms with van der Waals surface area (Å²) in [6.45, 7) is 0. The molecule has 0 atom stereocenters. The molecule has 0 bridgehead atoms. The van der Waals surface area contributed by atoms with Gasteiger partial charge in [-0.1, -0.05) is 103 Å². The van der Waals surface area contributed by atoms with Crippen LogP contribution in [-0.2, 0) is 0 Å². The van der Waals surface area contributed by atoms with Crippen LogP contribution in [0.3, 0.4) is 0 Å². The van der Waals surface area contributed by atoms with Crippen molar-refractivity contribution >= 4 is 42.5 Å². The third-order valence-corrected chi connectivity index (χ3v) is 8.54. The maximum absolute atomic E-state index is 6.24. The minimum Gasteiger partial charge on any atom is -0.453 e. The zero-order chi connectivity index (χ0) is 26.5. The zero-order valence-electron chi connectivity index (χ0n) is 21.4. The van der Waals surface area contributed by atoms with Gasteiger partial charge < -0.3 is 4.42 Å². The third-order valence-electron chi connectivity index (χ3n) is 7.32. The van der Waals surface area contributed by atoms with Crippen LogP contribution in [0.5, 0.6) is 0 Å². The van der Waals surface area contributed by atoms with Gasteiger partial charge in [0.1, 0.15) is 5.58 Å². The molecule has 5 aromatic carbocycles. The van der Waals surface area contributed by atoms with Crippen LogP contribution >= 0.6 is 11.3 Å². The second-order valence-corrected chi connectivity index (χ2v) is 10.9. The first-order valence-corrected chi connectivity index (χ1v) is 14.1. The smallest absolute Gasteiger partial charge is 0.196 e. The molecule has 40 heavy (non-hydrogen) atoms. The van der Waals surface area contributed by atoms with Crippen LogP contribution in [0.4, 0.5) is 0 Å². The van der Waals surface area contributed by atoms with Gasteiger partial charge in [0, 0.05) is 36.7 Å². The second-order valence-electron chi connectivity index (χ2n) is 9.84. The van der Waals surface area contributed by atoms with Crippen molar-refractivity contribution in [3.63, 3.8) is 0 Å². The van der Waals surface area contributed by atoms with Crippen molar-refractivity contribution in [2.75, 3.05) is 0 Å². The summed E-state index contributed by atoms with van der Waals surface area (Å²) in [6.07, 6.45) is 0. The minimum atomic E-state index is 0.576. The maximum Gasteiger partial charge on any atom is 0.196 e. The Morgan fingerprint density at radius 3 is 2.17 bits per heavy atom. The lowest BCUT2D eigenvalue weighted by molar-refractivity contribution is 0.625. The zero-order valence-corrected chi connectivity index (χ0v) is 22.2. The highest BCUT2D eigenvalue weighted by atomic mass is 32.1. The summed E-state index contributed by atoms with van der Waals surface area (Å²) < 4.78 is 8.74. The van der Waals surface area contributed by atoms with Crippen LogP contribution in [0.25, 0.3) is 76.4 Å². The van der Waals surface area contributed by atoms with E-state index in [1.54, 1.807) is 11.3 Å². The Balaban J connectivity index is 1.36. The number of nitrogens with zero attached hydrogens (tertiary/aromatic N) is 2. The highest BCUT2D eigenvalue weighted by Crippen LogP contribution is 2.40. The van der Waals surface area contributed by atoms with E-state index in [2.05, 4.69) is 97.1 Å². The molecule has 0 saturated heterocycles. The van der Waals surface area contributed by atoms with Gasteiger partial charge in [0.25, 0.3) is 0 Å². The first-order chi connectivity index (χ1) is 19.8. The molecule has 3 heterocycles. The van der Waals surface area contributed by atoms with Gasteiger partial charge in [-0.15, -0.1) is 11.3 Å². The van der Waals surface area contributed by atoms with Crippen molar-refractivity contribution in [2.45, 2.75) is 0 Å². The quantitative estimate of drug-likeness (QED) is 0.227. The molecule has 0 spiro atoms. The number of thiophene rings is 1. The van der Waals surface area contributed by atoms with E-state index in [1.165, 1.54) is 25.7 Å². The lowest BCUT2D eigenvalue weighted by atomic mass is 10.0. The van der Waals surface area contributed by atoms with Crippen molar-refractivity contribution in [2.24, 2.45) is 0 Å². The van der Waals surface area contributed by atoms with Crippen LogP contribution in [0.1, 0.15) is 0 Å². The summed E-state index contributed by atoms with van der Waals surface area (Å²) in [6, 6.07) is 46.2. The predicted octanol–water partition coefficient (Wildman–Crippen LogP) is 10.3. The highest BCUT2D eigenvalue weighted by molar-refractivity contribution is 7.26. The second kappa shape index (κ2) is 9.30. The van der Waals surface area contributed by atoms with Gasteiger partial charge in [-0.3, -0.25) is 0 Å². The number of furan rings is 1. The van der Waals surface area contributed by atoms with E-state index < -0.39 is 0 Å². The van der Waals surface area contributed by atoms with Gasteiger partial charge in [-0.05, 0) is 41.5 Å². The van der Waals surface area contributed by atoms with Gasteiger partial charge in [-0.25, -0.2) is 9.97 Å². The average molecular weight is 531 g/mol. The molecule has 0 aliphatic heterocycles. The molecule has 0 unspecified atom stereocenters. The van der Waals surface area contributed by atoms with Gasteiger partial charge in [0.2, 0.25) is 0 Å². The molecule has 3 nitrogen and oxygen atoms in total. The van der Waals surface area contributed by atoms with Crippen molar-refractivity contribution < 1.29 is 4.42 Å². The van der Waals surface area contributed by atoms with E-state index in [1.807, 2.05) is 36.4 Å². The van der Waals surface area contributed by atoms with Crippen molar-refractivity contribution in [1.29, 1.82) is 0 Å². The average Bonchev–Trinajstić information content (AvgIpc) is 3.63. The van der Waals surface area contributed by atoms with E-state index in [9.17, 15) is 0 Å². The molecular formula is C36H22N2OS. The van der Waals surface area contributed by atoms with Crippen LogP contribution in [-0.4, -0.2) is 9.97 Å². The number of hydrogen-bond acceptors (Lipinski definition) is 4. The summed E-state index contributed by atoms with van der Waals surface area (Å²) in [4.78, 5) is 10.1. The van der Waals surface area contributed by atoms with Crippen LogP contribution in [0.15, 0.2) is 138 Å². The highest BCUT2D eigenvalue weighted by Gasteiger charge is 2.17. The lowest BCUT2D eigenvalue weighted by Crippen LogP contribution is -1.95. The molecular weight excluding hydrogens is 508 g/mol. The molecule has 0 amide bonds. The van der Waals surface area contributed by atoms with E-state index in [-0.39, 0.29) is 0 Å². The summed E-state index contributed by atoms with van der Waals surface area (Å²) in [5.74, 6) is 1.24. The maximum atomic E-state index is 6.24. The number of benzene rings is 5. The Morgan fingerprint density at radius 2 is 1.25 bits per heavy atom. The lowest BCUT2D eigenvalue weighted by Gasteiger charge is -2.10. The fraction of sp³-hybridized carbons (Fsp3) is 0. The summed E-state index contributed by atoms with van der Waals surface area (Å²) in [5.41, 5.74) is 7.01. The van der Waals surface area contributed by atoms with E-state index in [0.29, 0.717) is 11.6 Å². The number of fused-ring (bicyclic) bond motifs is 4. The largest absolute Gasteiger partial charge is 0.453 e. The van der Waals surface area contributed by atoms with Crippen molar-refractivity contribution in [1.82, 2.24) is 9.97 Å². The van der Waals surface area contributed by atoms with Crippen LogP contribution in [0.2, 0.25) is 0 Å². The molecule has 0 fully saturated rings. The number of hydrogen-bond donors (Lipinski definition) is 0. The fourth-order valence-corrected chi connectivity index (χ4v) is 6.60. The van der Waals surface area contributed by atoms with E-state index in [0.717, 1.165) is 39.0 Å². The Kier molecular flexibility index (Phi) is 5.32. The summed E-state index contributed by atoms with van der Waals surface area (Å²) in [7, 11) is 0.